The van der Waals surface area contributed by atoms with E-state index in [9.17, 15) is 9.90 Å². The standard InChI is InChI=1S/C13H20N2O2/c1-10(2)9-15-11(5-8-14-15)13(12(16)17)6-3-4-7-13/h5,8,10H,3-4,6-7,9H2,1-2H3,(H,16,17). The number of carboxylic acids is 1. The average molecular weight is 236 g/mol. The van der Waals surface area contributed by atoms with Crippen LogP contribution in [0.25, 0.3) is 0 Å². The normalized spacial score (nSPS) is 18.8. The van der Waals surface area contributed by atoms with Crippen LogP contribution >= 0.6 is 0 Å². The predicted molar refractivity (Wildman–Crippen MR) is 64.8 cm³/mol. The van der Waals surface area contributed by atoms with Crippen molar-refractivity contribution in [2.24, 2.45) is 5.92 Å². The summed E-state index contributed by atoms with van der Waals surface area (Å²) in [4.78, 5) is 11.6. The fourth-order valence-electron chi connectivity index (χ4n) is 2.79. The number of carbonyl (C=O) groups is 1. The van der Waals surface area contributed by atoms with Crippen LogP contribution in [0.3, 0.4) is 0 Å². The Hall–Kier alpha value is -1.32. The van der Waals surface area contributed by atoms with E-state index in [2.05, 4.69) is 18.9 Å². The first kappa shape index (κ1) is 12.1. The number of hydrogen-bond acceptors (Lipinski definition) is 2. The van der Waals surface area contributed by atoms with Crippen LogP contribution in [0.15, 0.2) is 12.3 Å². The number of aromatic nitrogens is 2. The monoisotopic (exact) mass is 236 g/mol. The molecule has 0 aromatic carbocycles. The summed E-state index contributed by atoms with van der Waals surface area (Å²) in [5.41, 5.74) is 0.196. The van der Waals surface area contributed by atoms with Crippen LogP contribution in [-0.2, 0) is 16.8 Å². The summed E-state index contributed by atoms with van der Waals surface area (Å²) < 4.78 is 1.88. The van der Waals surface area contributed by atoms with Crippen molar-refractivity contribution in [1.29, 1.82) is 0 Å². The Morgan fingerprint density at radius 1 is 1.53 bits per heavy atom. The number of hydrogen-bond donors (Lipinski definition) is 1. The van der Waals surface area contributed by atoms with E-state index in [0.717, 1.165) is 37.9 Å². The summed E-state index contributed by atoms with van der Waals surface area (Å²) in [6.07, 6.45) is 5.21. The highest BCUT2D eigenvalue weighted by atomic mass is 16.4. The molecule has 17 heavy (non-hydrogen) atoms. The van der Waals surface area contributed by atoms with Crippen molar-refractivity contribution in [2.45, 2.75) is 51.5 Å². The third-order valence-corrected chi connectivity index (χ3v) is 3.61. The van der Waals surface area contributed by atoms with Gasteiger partial charge in [-0.3, -0.25) is 9.48 Å². The van der Waals surface area contributed by atoms with Gasteiger partial charge in [0, 0.05) is 12.7 Å². The topological polar surface area (TPSA) is 55.1 Å². The highest BCUT2D eigenvalue weighted by Crippen LogP contribution is 2.41. The van der Waals surface area contributed by atoms with E-state index in [1.165, 1.54) is 0 Å². The van der Waals surface area contributed by atoms with Gasteiger partial charge in [0.2, 0.25) is 0 Å². The predicted octanol–water partition coefficient (Wildman–Crippen LogP) is 2.44. The third-order valence-electron chi connectivity index (χ3n) is 3.61. The number of nitrogens with zero attached hydrogens (tertiary/aromatic N) is 2. The lowest BCUT2D eigenvalue weighted by molar-refractivity contribution is -0.144. The van der Waals surface area contributed by atoms with Gasteiger partial charge in [-0.25, -0.2) is 0 Å². The molecule has 1 saturated carbocycles. The number of carboxylic acid groups (broad SMARTS) is 1. The highest BCUT2D eigenvalue weighted by molar-refractivity contribution is 5.81. The van der Waals surface area contributed by atoms with Gasteiger partial charge in [0.05, 0.1) is 5.69 Å². The van der Waals surface area contributed by atoms with Gasteiger partial charge in [0.1, 0.15) is 5.41 Å². The van der Waals surface area contributed by atoms with Crippen molar-refractivity contribution in [3.8, 4) is 0 Å². The zero-order valence-corrected chi connectivity index (χ0v) is 10.5. The Labute approximate surface area is 102 Å². The molecule has 1 aliphatic carbocycles. The van der Waals surface area contributed by atoms with Gasteiger partial charge in [-0.1, -0.05) is 26.7 Å². The smallest absolute Gasteiger partial charge is 0.315 e. The Bertz CT molecular complexity index is 403. The van der Waals surface area contributed by atoms with Gasteiger partial charge in [-0.05, 0) is 24.8 Å². The molecule has 0 aliphatic heterocycles. The molecule has 2 rings (SSSR count). The van der Waals surface area contributed by atoms with Gasteiger partial charge in [0.25, 0.3) is 0 Å². The lowest BCUT2D eigenvalue weighted by atomic mass is 9.82. The van der Waals surface area contributed by atoms with E-state index in [4.69, 9.17) is 0 Å². The first-order valence-corrected chi connectivity index (χ1v) is 6.32. The van der Waals surface area contributed by atoms with Crippen molar-refractivity contribution >= 4 is 5.97 Å². The number of rotatable bonds is 4. The second-order valence-electron chi connectivity index (χ2n) is 5.39. The summed E-state index contributed by atoms with van der Waals surface area (Å²) in [6.45, 7) is 5.03. The van der Waals surface area contributed by atoms with Gasteiger partial charge in [-0.15, -0.1) is 0 Å². The highest BCUT2D eigenvalue weighted by Gasteiger charge is 2.45. The van der Waals surface area contributed by atoms with E-state index in [-0.39, 0.29) is 0 Å². The lowest BCUT2D eigenvalue weighted by Crippen LogP contribution is -2.35. The van der Waals surface area contributed by atoms with Crippen LogP contribution in [0.5, 0.6) is 0 Å². The summed E-state index contributed by atoms with van der Waals surface area (Å²) >= 11 is 0. The van der Waals surface area contributed by atoms with Gasteiger partial charge in [-0.2, -0.15) is 5.10 Å². The second kappa shape index (κ2) is 4.51. The zero-order valence-electron chi connectivity index (χ0n) is 10.5. The molecule has 0 saturated heterocycles. The molecule has 1 fully saturated rings. The summed E-state index contributed by atoms with van der Waals surface area (Å²) in [6, 6.07) is 1.88. The summed E-state index contributed by atoms with van der Waals surface area (Å²) in [5.74, 6) is -0.221. The maximum atomic E-state index is 11.6. The van der Waals surface area contributed by atoms with Crippen LogP contribution in [0.1, 0.15) is 45.2 Å². The van der Waals surface area contributed by atoms with E-state index < -0.39 is 11.4 Å². The van der Waals surface area contributed by atoms with E-state index in [1.54, 1.807) is 6.20 Å². The SMILES string of the molecule is CC(C)Cn1nccc1C1(C(=O)O)CCCC1. The van der Waals surface area contributed by atoms with Gasteiger partial charge < -0.3 is 5.11 Å². The summed E-state index contributed by atoms with van der Waals surface area (Å²) in [7, 11) is 0. The Balaban J connectivity index is 2.37. The Morgan fingerprint density at radius 3 is 2.71 bits per heavy atom. The fraction of sp³-hybridized carbons (Fsp3) is 0.692. The van der Waals surface area contributed by atoms with Crippen LogP contribution in [0.4, 0.5) is 0 Å². The van der Waals surface area contributed by atoms with Crippen molar-refractivity contribution < 1.29 is 9.90 Å². The molecule has 1 aromatic heterocycles. The van der Waals surface area contributed by atoms with Gasteiger partial charge in [0.15, 0.2) is 0 Å². The number of aliphatic carboxylic acids is 1. The molecule has 1 heterocycles. The van der Waals surface area contributed by atoms with E-state index >= 15 is 0 Å². The summed E-state index contributed by atoms with van der Waals surface area (Å²) in [5, 5.41) is 13.8. The molecule has 0 bridgehead atoms. The minimum absolute atomic E-state index is 0.473. The molecule has 0 spiro atoms. The quantitative estimate of drug-likeness (QED) is 0.873. The molecule has 0 atom stereocenters. The minimum Gasteiger partial charge on any atom is -0.481 e. The van der Waals surface area contributed by atoms with Crippen LogP contribution in [0.2, 0.25) is 0 Å². The maximum absolute atomic E-state index is 11.6. The van der Waals surface area contributed by atoms with E-state index in [0.29, 0.717) is 5.92 Å². The maximum Gasteiger partial charge on any atom is 0.315 e. The molecule has 4 heteroatoms. The molecule has 0 amide bonds. The Morgan fingerprint density at radius 2 is 2.18 bits per heavy atom. The third kappa shape index (κ3) is 2.08. The Kier molecular flexibility index (Phi) is 3.22. The molecule has 94 valence electrons. The second-order valence-corrected chi connectivity index (χ2v) is 5.39. The van der Waals surface area contributed by atoms with Crippen molar-refractivity contribution in [3.63, 3.8) is 0 Å². The van der Waals surface area contributed by atoms with Crippen LogP contribution in [0, 0.1) is 5.92 Å². The molecule has 1 aromatic rings. The molecular weight excluding hydrogens is 216 g/mol. The molecule has 0 unspecified atom stereocenters. The molecule has 1 aliphatic rings. The van der Waals surface area contributed by atoms with Gasteiger partial charge >= 0.3 is 5.97 Å². The first-order valence-electron chi connectivity index (χ1n) is 6.32. The average Bonchev–Trinajstić information content (AvgIpc) is 2.84. The van der Waals surface area contributed by atoms with Crippen molar-refractivity contribution in [2.75, 3.05) is 0 Å². The van der Waals surface area contributed by atoms with Crippen LogP contribution in [-0.4, -0.2) is 20.9 Å². The first-order chi connectivity index (χ1) is 8.06. The molecule has 4 nitrogen and oxygen atoms in total. The molecular formula is C13H20N2O2. The largest absolute Gasteiger partial charge is 0.481 e. The van der Waals surface area contributed by atoms with Crippen molar-refractivity contribution in [1.82, 2.24) is 9.78 Å². The lowest BCUT2D eigenvalue weighted by Gasteiger charge is -2.25. The minimum atomic E-state index is -0.694. The fourth-order valence-corrected chi connectivity index (χ4v) is 2.79. The van der Waals surface area contributed by atoms with Crippen molar-refractivity contribution in [3.05, 3.63) is 18.0 Å². The zero-order chi connectivity index (χ0) is 12.5. The van der Waals surface area contributed by atoms with Crippen LogP contribution < -0.4 is 0 Å². The van der Waals surface area contributed by atoms with E-state index in [1.807, 2.05) is 10.7 Å². The molecule has 0 radical (unpaired) electrons. The molecule has 1 N–H and O–H groups in total.